The van der Waals surface area contributed by atoms with E-state index in [0.29, 0.717) is 35.4 Å². The van der Waals surface area contributed by atoms with Crippen LogP contribution < -0.4 is 20.1 Å². The van der Waals surface area contributed by atoms with E-state index >= 15 is 0 Å². The van der Waals surface area contributed by atoms with Crippen molar-refractivity contribution in [3.05, 3.63) is 48.0 Å². The van der Waals surface area contributed by atoms with E-state index in [1.54, 1.807) is 31.2 Å². The predicted molar refractivity (Wildman–Crippen MR) is 107 cm³/mol. The molecule has 2 amide bonds. The second-order valence-corrected chi connectivity index (χ2v) is 7.51. The van der Waals surface area contributed by atoms with Gasteiger partial charge in [0.25, 0.3) is 5.91 Å². The van der Waals surface area contributed by atoms with Crippen LogP contribution in [0, 0.1) is 0 Å². The van der Waals surface area contributed by atoms with E-state index in [0.717, 1.165) is 10.2 Å². The SMILES string of the molecule is CC(CC(=O)Nc1nc2cc3c(cc2s1)OCCO3)NC(=O)c1ccccc1. The summed E-state index contributed by atoms with van der Waals surface area (Å²) >= 11 is 1.37. The van der Waals surface area contributed by atoms with Crippen LogP contribution in [0.2, 0.25) is 0 Å². The molecule has 0 spiro atoms. The summed E-state index contributed by atoms with van der Waals surface area (Å²) in [4.78, 5) is 28.9. The number of benzene rings is 2. The van der Waals surface area contributed by atoms with E-state index < -0.39 is 0 Å². The van der Waals surface area contributed by atoms with E-state index in [1.807, 2.05) is 18.2 Å². The summed E-state index contributed by atoms with van der Waals surface area (Å²) < 4.78 is 12.0. The highest BCUT2D eigenvalue weighted by Gasteiger charge is 2.17. The summed E-state index contributed by atoms with van der Waals surface area (Å²) in [5.74, 6) is 0.945. The molecule has 0 aliphatic carbocycles. The van der Waals surface area contributed by atoms with Crippen molar-refractivity contribution in [1.29, 1.82) is 0 Å². The Hall–Kier alpha value is -3.13. The van der Waals surface area contributed by atoms with Gasteiger partial charge in [-0.25, -0.2) is 4.98 Å². The maximum Gasteiger partial charge on any atom is 0.251 e. The van der Waals surface area contributed by atoms with Gasteiger partial charge in [-0.15, -0.1) is 0 Å². The number of nitrogens with one attached hydrogen (secondary N) is 2. The fraction of sp³-hybridized carbons (Fsp3) is 0.250. The van der Waals surface area contributed by atoms with Gasteiger partial charge in [-0.05, 0) is 19.1 Å². The van der Waals surface area contributed by atoms with Crippen LogP contribution in [-0.2, 0) is 4.79 Å². The summed E-state index contributed by atoms with van der Waals surface area (Å²) in [5.41, 5.74) is 1.31. The average Bonchev–Trinajstić information content (AvgIpc) is 3.07. The van der Waals surface area contributed by atoms with Gasteiger partial charge in [-0.1, -0.05) is 29.5 Å². The number of ether oxygens (including phenoxy) is 2. The highest BCUT2D eigenvalue weighted by Crippen LogP contribution is 2.37. The van der Waals surface area contributed by atoms with Crippen molar-refractivity contribution in [3.63, 3.8) is 0 Å². The largest absolute Gasteiger partial charge is 0.486 e. The molecule has 0 fully saturated rings. The van der Waals surface area contributed by atoms with Crippen LogP contribution in [0.25, 0.3) is 10.2 Å². The molecule has 0 saturated heterocycles. The zero-order valence-corrected chi connectivity index (χ0v) is 16.0. The topological polar surface area (TPSA) is 89.6 Å². The Kier molecular flexibility index (Phi) is 5.12. The maximum absolute atomic E-state index is 12.3. The Balaban J connectivity index is 1.37. The molecule has 3 aromatic rings. The Bertz CT molecular complexity index is 976. The molecule has 1 aliphatic rings. The fourth-order valence-electron chi connectivity index (χ4n) is 2.91. The number of hydrogen-bond acceptors (Lipinski definition) is 6. The molecule has 2 heterocycles. The monoisotopic (exact) mass is 397 g/mol. The van der Waals surface area contributed by atoms with E-state index in [2.05, 4.69) is 15.6 Å². The van der Waals surface area contributed by atoms with Gasteiger partial charge in [0.05, 0.1) is 10.2 Å². The van der Waals surface area contributed by atoms with Gasteiger partial charge in [-0.3, -0.25) is 9.59 Å². The molecular weight excluding hydrogens is 378 g/mol. The lowest BCUT2D eigenvalue weighted by atomic mass is 10.1. The van der Waals surface area contributed by atoms with Gasteiger partial charge in [0.15, 0.2) is 16.6 Å². The Labute approximate surface area is 165 Å². The first-order valence-corrected chi connectivity index (χ1v) is 9.76. The molecule has 1 aliphatic heterocycles. The molecule has 0 saturated carbocycles. The van der Waals surface area contributed by atoms with Gasteiger partial charge in [0.2, 0.25) is 5.91 Å². The summed E-state index contributed by atoms with van der Waals surface area (Å²) in [6.07, 6.45) is 0.150. The van der Waals surface area contributed by atoms with Crippen molar-refractivity contribution in [2.24, 2.45) is 0 Å². The summed E-state index contributed by atoms with van der Waals surface area (Å²) in [5, 5.41) is 6.13. The number of amides is 2. The number of nitrogens with zero attached hydrogens (tertiary/aromatic N) is 1. The lowest BCUT2D eigenvalue weighted by Gasteiger charge is -2.17. The molecule has 4 rings (SSSR count). The molecule has 0 radical (unpaired) electrons. The quantitative estimate of drug-likeness (QED) is 0.690. The number of thiazole rings is 1. The molecule has 7 nitrogen and oxygen atoms in total. The molecule has 1 unspecified atom stereocenters. The molecule has 144 valence electrons. The van der Waals surface area contributed by atoms with Crippen LogP contribution >= 0.6 is 11.3 Å². The summed E-state index contributed by atoms with van der Waals surface area (Å²) in [6, 6.07) is 12.3. The summed E-state index contributed by atoms with van der Waals surface area (Å²) in [7, 11) is 0. The third kappa shape index (κ3) is 4.07. The van der Waals surface area contributed by atoms with Gasteiger partial charge < -0.3 is 20.1 Å². The third-order valence-electron chi connectivity index (χ3n) is 4.20. The van der Waals surface area contributed by atoms with Crippen molar-refractivity contribution in [2.75, 3.05) is 18.5 Å². The number of rotatable bonds is 5. The van der Waals surface area contributed by atoms with Crippen molar-refractivity contribution in [1.82, 2.24) is 10.3 Å². The molecule has 2 N–H and O–H groups in total. The van der Waals surface area contributed by atoms with Crippen molar-refractivity contribution in [3.8, 4) is 11.5 Å². The second-order valence-electron chi connectivity index (χ2n) is 6.48. The van der Waals surface area contributed by atoms with E-state index in [-0.39, 0.29) is 24.3 Å². The molecule has 1 aromatic heterocycles. The first kappa shape index (κ1) is 18.2. The number of anilines is 1. The van der Waals surface area contributed by atoms with Gasteiger partial charge in [-0.2, -0.15) is 0 Å². The minimum absolute atomic E-state index is 0.150. The predicted octanol–water partition coefficient (Wildman–Crippen LogP) is 3.21. The summed E-state index contributed by atoms with van der Waals surface area (Å²) in [6.45, 7) is 2.83. The van der Waals surface area contributed by atoms with Crippen molar-refractivity contribution in [2.45, 2.75) is 19.4 Å². The second kappa shape index (κ2) is 7.85. The Morgan fingerprint density at radius 2 is 1.86 bits per heavy atom. The average molecular weight is 397 g/mol. The van der Waals surface area contributed by atoms with Gasteiger partial charge >= 0.3 is 0 Å². The fourth-order valence-corrected chi connectivity index (χ4v) is 3.81. The highest BCUT2D eigenvalue weighted by atomic mass is 32.1. The molecule has 28 heavy (non-hydrogen) atoms. The van der Waals surface area contributed by atoms with Crippen LogP contribution in [0.15, 0.2) is 42.5 Å². The smallest absolute Gasteiger partial charge is 0.251 e. The van der Waals surface area contributed by atoms with Crippen LogP contribution in [0.1, 0.15) is 23.7 Å². The van der Waals surface area contributed by atoms with Gasteiger partial charge in [0, 0.05) is 30.2 Å². The third-order valence-corrected chi connectivity index (χ3v) is 5.14. The number of aromatic nitrogens is 1. The Morgan fingerprint density at radius 3 is 2.61 bits per heavy atom. The number of fused-ring (bicyclic) bond motifs is 2. The lowest BCUT2D eigenvalue weighted by molar-refractivity contribution is -0.116. The highest BCUT2D eigenvalue weighted by molar-refractivity contribution is 7.22. The minimum Gasteiger partial charge on any atom is -0.486 e. The normalized spacial score (nSPS) is 13.8. The van der Waals surface area contributed by atoms with E-state index in [9.17, 15) is 9.59 Å². The van der Waals surface area contributed by atoms with Crippen LogP contribution in [0.4, 0.5) is 5.13 Å². The van der Waals surface area contributed by atoms with E-state index in [4.69, 9.17) is 9.47 Å². The first-order valence-electron chi connectivity index (χ1n) is 8.94. The Morgan fingerprint density at radius 1 is 1.14 bits per heavy atom. The molecular formula is C20H19N3O4S. The number of carbonyl (C=O) groups is 2. The van der Waals surface area contributed by atoms with Crippen molar-refractivity contribution < 1.29 is 19.1 Å². The molecule has 1 atom stereocenters. The van der Waals surface area contributed by atoms with Crippen LogP contribution in [0.5, 0.6) is 11.5 Å². The lowest BCUT2D eigenvalue weighted by Crippen LogP contribution is -2.35. The minimum atomic E-state index is -0.309. The van der Waals surface area contributed by atoms with Crippen LogP contribution in [0.3, 0.4) is 0 Å². The zero-order chi connectivity index (χ0) is 19.5. The number of hydrogen-bond donors (Lipinski definition) is 2. The van der Waals surface area contributed by atoms with Gasteiger partial charge in [0.1, 0.15) is 13.2 Å². The van der Waals surface area contributed by atoms with Crippen LogP contribution in [-0.4, -0.2) is 36.1 Å². The zero-order valence-electron chi connectivity index (χ0n) is 15.2. The van der Waals surface area contributed by atoms with Crippen molar-refractivity contribution >= 4 is 38.5 Å². The molecule has 8 heteroatoms. The number of carbonyl (C=O) groups excluding carboxylic acids is 2. The first-order chi connectivity index (χ1) is 13.6. The molecule has 2 aromatic carbocycles. The van der Waals surface area contributed by atoms with E-state index in [1.165, 1.54) is 11.3 Å². The standard InChI is InChI=1S/C20H19N3O4S/c1-12(21-19(25)13-5-3-2-4-6-13)9-18(24)23-20-22-14-10-15-16(11-17(14)28-20)27-8-7-26-15/h2-6,10-12H,7-9H2,1H3,(H,21,25)(H,22,23,24). The maximum atomic E-state index is 12.3. The molecule has 0 bridgehead atoms.